The zero-order chi connectivity index (χ0) is 21.5. The van der Waals surface area contributed by atoms with E-state index < -0.39 is 0 Å². The van der Waals surface area contributed by atoms with Crippen molar-refractivity contribution < 1.29 is 4.79 Å². The summed E-state index contributed by atoms with van der Waals surface area (Å²) < 4.78 is 2.31. The number of nitrogens with zero attached hydrogens (tertiary/aromatic N) is 3. The maximum atomic E-state index is 12.7. The normalized spacial score (nSPS) is 15.5. The molecule has 1 aliphatic carbocycles. The number of hydrogen-bond acceptors (Lipinski definition) is 3. The van der Waals surface area contributed by atoms with Gasteiger partial charge in [0.05, 0.1) is 0 Å². The van der Waals surface area contributed by atoms with Gasteiger partial charge in [0.15, 0.2) is 0 Å². The zero-order valence-corrected chi connectivity index (χ0v) is 18.6. The minimum absolute atomic E-state index is 0.185. The van der Waals surface area contributed by atoms with E-state index in [0.717, 1.165) is 41.7 Å². The predicted molar refractivity (Wildman–Crippen MR) is 123 cm³/mol. The highest BCUT2D eigenvalue weighted by atomic mass is 16.1. The van der Waals surface area contributed by atoms with E-state index in [1.165, 1.54) is 32.1 Å². The van der Waals surface area contributed by atoms with Crippen molar-refractivity contribution in [3.05, 3.63) is 41.1 Å². The van der Waals surface area contributed by atoms with Gasteiger partial charge in [-0.15, -0.1) is 0 Å². The molecule has 160 valence electrons. The van der Waals surface area contributed by atoms with Crippen LogP contribution in [0.5, 0.6) is 0 Å². The van der Waals surface area contributed by atoms with Gasteiger partial charge < -0.3 is 14.8 Å². The molecule has 1 aromatic carbocycles. The molecule has 1 aromatic heterocycles. The molecule has 1 N–H and O–H groups in total. The molecular formula is C25H34N4O. The molecule has 1 aliphatic rings. The number of fused-ring (bicyclic) bond motifs is 1. The van der Waals surface area contributed by atoms with Crippen LogP contribution in [0.2, 0.25) is 0 Å². The van der Waals surface area contributed by atoms with Gasteiger partial charge in [-0.2, -0.15) is 5.26 Å². The molecule has 0 saturated heterocycles. The smallest absolute Gasteiger partial charge is 0.261 e. The maximum Gasteiger partial charge on any atom is 0.261 e. The molecule has 2 aromatic rings. The van der Waals surface area contributed by atoms with E-state index in [2.05, 4.69) is 54.0 Å². The molecule has 0 radical (unpaired) electrons. The van der Waals surface area contributed by atoms with Crippen molar-refractivity contribution in [2.75, 3.05) is 27.2 Å². The summed E-state index contributed by atoms with van der Waals surface area (Å²) in [6.07, 6.45) is 8.95. The van der Waals surface area contributed by atoms with Crippen molar-refractivity contribution in [3.63, 3.8) is 0 Å². The first-order valence-electron chi connectivity index (χ1n) is 11.1. The Labute approximate surface area is 180 Å². The first-order chi connectivity index (χ1) is 14.5. The van der Waals surface area contributed by atoms with Crippen molar-refractivity contribution in [2.24, 2.45) is 5.92 Å². The highest BCUT2D eigenvalue weighted by Gasteiger charge is 2.18. The number of para-hydroxylation sites is 1. The Morgan fingerprint density at radius 3 is 2.70 bits per heavy atom. The molecule has 0 unspecified atom stereocenters. The topological polar surface area (TPSA) is 61.1 Å². The summed E-state index contributed by atoms with van der Waals surface area (Å²) in [7, 11) is 4.17. The van der Waals surface area contributed by atoms with Gasteiger partial charge in [-0.05, 0) is 64.9 Å². The summed E-state index contributed by atoms with van der Waals surface area (Å²) >= 11 is 0. The molecule has 0 spiro atoms. The third-order valence-electron chi connectivity index (χ3n) is 6.20. The lowest BCUT2D eigenvalue weighted by molar-refractivity contribution is -0.117. The molecule has 0 atom stereocenters. The molecule has 1 heterocycles. The number of aromatic nitrogens is 1. The minimum atomic E-state index is -0.257. The number of amides is 1. The Kier molecular flexibility index (Phi) is 7.70. The standard InChI is InChI=1S/C25H34N4O/c1-19-23(16-21(17-26)25(30)27-18-20-10-5-4-6-11-20)22-12-7-8-13-24(22)29(19)15-9-14-28(2)3/h7-8,12-13,16,20H,4-6,9-11,14-15,18H2,1-3H3,(H,27,30)/b21-16+. The van der Waals surface area contributed by atoms with E-state index in [0.29, 0.717) is 12.5 Å². The Balaban J connectivity index is 1.82. The fourth-order valence-corrected chi connectivity index (χ4v) is 4.49. The number of carbonyl (C=O) groups excluding carboxylic acids is 1. The number of benzene rings is 1. The van der Waals surface area contributed by atoms with Gasteiger partial charge in [-0.1, -0.05) is 37.5 Å². The largest absolute Gasteiger partial charge is 0.351 e. The van der Waals surface area contributed by atoms with Crippen LogP contribution in [0.4, 0.5) is 0 Å². The lowest BCUT2D eigenvalue weighted by Gasteiger charge is -2.21. The molecule has 1 saturated carbocycles. The molecule has 0 aliphatic heterocycles. The Bertz CT molecular complexity index is 942. The molecule has 1 fully saturated rings. The summed E-state index contributed by atoms with van der Waals surface area (Å²) in [5.74, 6) is 0.287. The van der Waals surface area contributed by atoms with E-state index in [1.54, 1.807) is 6.08 Å². The lowest BCUT2D eigenvalue weighted by atomic mass is 9.89. The second kappa shape index (κ2) is 10.4. The first-order valence-corrected chi connectivity index (χ1v) is 11.1. The van der Waals surface area contributed by atoms with Crippen LogP contribution >= 0.6 is 0 Å². The molecule has 5 nitrogen and oxygen atoms in total. The average Bonchev–Trinajstić information content (AvgIpc) is 3.02. The molecule has 0 bridgehead atoms. The summed E-state index contributed by atoms with van der Waals surface area (Å²) in [6.45, 7) is 4.68. The van der Waals surface area contributed by atoms with E-state index in [1.807, 2.05) is 12.1 Å². The van der Waals surface area contributed by atoms with E-state index in [4.69, 9.17) is 0 Å². The molecule has 5 heteroatoms. The van der Waals surface area contributed by atoms with Gasteiger partial charge >= 0.3 is 0 Å². The molecule has 30 heavy (non-hydrogen) atoms. The van der Waals surface area contributed by atoms with Crippen LogP contribution in [-0.4, -0.2) is 42.6 Å². The first kappa shape index (κ1) is 22.1. The van der Waals surface area contributed by atoms with Crippen molar-refractivity contribution >= 4 is 22.9 Å². The second-order valence-electron chi connectivity index (χ2n) is 8.71. The number of nitriles is 1. The quantitative estimate of drug-likeness (QED) is 0.518. The maximum absolute atomic E-state index is 12.7. The molecular weight excluding hydrogens is 372 g/mol. The van der Waals surface area contributed by atoms with Crippen molar-refractivity contribution in [1.82, 2.24) is 14.8 Å². The zero-order valence-electron chi connectivity index (χ0n) is 18.6. The average molecular weight is 407 g/mol. The lowest BCUT2D eigenvalue weighted by Crippen LogP contribution is -2.31. The van der Waals surface area contributed by atoms with Crippen molar-refractivity contribution in [1.29, 1.82) is 5.26 Å². The van der Waals surface area contributed by atoms with Gasteiger partial charge in [0.2, 0.25) is 0 Å². The summed E-state index contributed by atoms with van der Waals surface area (Å²) in [5, 5.41) is 13.8. The van der Waals surface area contributed by atoms with Gasteiger partial charge in [0.1, 0.15) is 11.6 Å². The number of aryl methyl sites for hydroxylation is 1. The van der Waals surface area contributed by atoms with Gasteiger partial charge in [0.25, 0.3) is 5.91 Å². The van der Waals surface area contributed by atoms with E-state index >= 15 is 0 Å². The van der Waals surface area contributed by atoms with Crippen LogP contribution < -0.4 is 5.32 Å². The van der Waals surface area contributed by atoms with E-state index in [9.17, 15) is 10.1 Å². The molecule has 1 amide bonds. The van der Waals surface area contributed by atoms with Crippen LogP contribution in [0.1, 0.15) is 49.8 Å². The molecule has 3 rings (SSSR count). The summed E-state index contributed by atoms with van der Waals surface area (Å²) in [4.78, 5) is 14.9. The van der Waals surface area contributed by atoms with Crippen LogP contribution in [0.15, 0.2) is 29.8 Å². The summed E-state index contributed by atoms with van der Waals surface area (Å²) in [5.41, 5.74) is 3.41. The van der Waals surface area contributed by atoms with Gasteiger partial charge in [0, 0.05) is 35.2 Å². The SMILES string of the molecule is Cc1c(/C=C(\C#N)C(=O)NCC2CCCCC2)c2ccccc2n1CCCN(C)C. The van der Waals surface area contributed by atoms with Crippen molar-refractivity contribution in [3.8, 4) is 6.07 Å². The highest BCUT2D eigenvalue weighted by molar-refractivity contribution is 6.04. The van der Waals surface area contributed by atoms with Crippen LogP contribution in [0.25, 0.3) is 17.0 Å². The van der Waals surface area contributed by atoms with E-state index in [-0.39, 0.29) is 11.5 Å². The third kappa shape index (κ3) is 5.31. The van der Waals surface area contributed by atoms with Gasteiger partial charge in [-0.25, -0.2) is 0 Å². The Morgan fingerprint density at radius 1 is 1.27 bits per heavy atom. The second-order valence-corrected chi connectivity index (χ2v) is 8.71. The van der Waals surface area contributed by atoms with Gasteiger partial charge in [-0.3, -0.25) is 4.79 Å². The Morgan fingerprint density at radius 2 is 2.00 bits per heavy atom. The fraction of sp³-hybridized carbons (Fsp3) is 0.520. The third-order valence-corrected chi connectivity index (χ3v) is 6.20. The minimum Gasteiger partial charge on any atom is -0.351 e. The van der Waals surface area contributed by atoms with Crippen LogP contribution in [-0.2, 0) is 11.3 Å². The number of rotatable bonds is 8. The van der Waals surface area contributed by atoms with Crippen LogP contribution in [0, 0.1) is 24.2 Å². The highest BCUT2D eigenvalue weighted by Crippen LogP contribution is 2.28. The number of hydrogen-bond donors (Lipinski definition) is 1. The predicted octanol–water partition coefficient (Wildman–Crippen LogP) is 4.50. The number of carbonyl (C=O) groups is 1. The van der Waals surface area contributed by atoms with Crippen molar-refractivity contribution in [2.45, 2.75) is 52.0 Å². The number of nitrogens with one attached hydrogen (secondary N) is 1. The fourth-order valence-electron chi connectivity index (χ4n) is 4.49. The Hall–Kier alpha value is -2.58. The monoisotopic (exact) mass is 406 g/mol. The summed E-state index contributed by atoms with van der Waals surface area (Å²) in [6, 6.07) is 10.4. The van der Waals surface area contributed by atoms with Crippen LogP contribution in [0.3, 0.4) is 0 Å².